The summed E-state index contributed by atoms with van der Waals surface area (Å²) in [6.45, 7) is 8.23. The highest BCUT2D eigenvalue weighted by atomic mass is 35.5. The summed E-state index contributed by atoms with van der Waals surface area (Å²) in [5, 5.41) is 6.43. The number of aryl methyl sites for hydroxylation is 3. The largest absolute Gasteiger partial charge is 0.322 e. The SMILES string of the molecule is Cc1cc(C)c(NC(=O)C[NH+](C)CC(=O)Nc2cccc(Cl)c2C)c(C)c1. The molecular formula is C21H27ClN3O2+. The van der Waals surface area contributed by atoms with Crippen molar-refractivity contribution < 1.29 is 14.5 Å². The fourth-order valence-corrected chi connectivity index (χ4v) is 3.28. The number of amides is 2. The Labute approximate surface area is 165 Å². The lowest BCUT2D eigenvalue weighted by Gasteiger charge is -2.16. The summed E-state index contributed by atoms with van der Waals surface area (Å²) in [4.78, 5) is 25.4. The van der Waals surface area contributed by atoms with Gasteiger partial charge in [-0.1, -0.05) is 35.4 Å². The topological polar surface area (TPSA) is 62.6 Å². The van der Waals surface area contributed by atoms with E-state index in [1.807, 2.05) is 52.9 Å². The fourth-order valence-electron chi connectivity index (χ4n) is 3.11. The Morgan fingerprint density at radius 1 is 0.963 bits per heavy atom. The zero-order chi connectivity index (χ0) is 20.1. The number of carbonyl (C=O) groups is 2. The molecule has 5 nitrogen and oxygen atoms in total. The van der Waals surface area contributed by atoms with E-state index in [1.54, 1.807) is 12.1 Å². The average molecular weight is 389 g/mol. The summed E-state index contributed by atoms with van der Waals surface area (Å²) in [6, 6.07) is 9.47. The maximum atomic E-state index is 12.4. The molecule has 0 heterocycles. The third-order valence-corrected chi connectivity index (χ3v) is 4.82. The van der Waals surface area contributed by atoms with Gasteiger partial charge in [0.2, 0.25) is 0 Å². The van der Waals surface area contributed by atoms with Crippen molar-refractivity contribution in [2.75, 3.05) is 30.8 Å². The van der Waals surface area contributed by atoms with Crippen molar-refractivity contribution in [1.82, 2.24) is 0 Å². The van der Waals surface area contributed by atoms with Crippen molar-refractivity contribution in [3.63, 3.8) is 0 Å². The van der Waals surface area contributed by atoms with Crippen LogP contribution in [0.4, 0.5) is 11.4 Å². The molecule has 0 aromatic heterocycles. The number of rotatable bonds is 6. The molecule has 2 aromatic carbocycles. The maximum absolute atomic E-state index is 12.4. The van der Waals surface area contributed by atoms with Gasteiger partial charge in [-0.2, -0.15) is 0 Å². The molecule has 144 valence electrons. The van der Waals surface area contributed by atoms with Crippen LogP contribution in [-0.4, -0.2) is 32.0 Å². The molecule has 0 saturated carbocycles. The van der Waals surface area contributed by atoms with Crippen molar-refractivity contribution in [2.24, 2.45) is 0 Å². The number of halogens is 1. The highest BCUT2D eigenvalue weighted by Crippen LogP contribution is 2.23. The molecular weight excluding hydrogens is 362 g/mol. The Bertz CT molecular complexity index is 841. The molecule has 2 rings (SSSR count). The fraction of sp³-hybridized carbons (Fsp3) is 0.333. The van der Waals surface area contributed by atoms with Crippen molar-refractivity contribution in [3.8, 4) is 0 Å². The van der Waals surface area contributed by atoms with Crippen molar-refractivity contribution >= 4 is 34.8 Å². The van der Waals surface area contributed by atoms with Crippen LogP contribution in [0.2, 0.25) is 5.02 Å². The van der Waals surface area contributed by atoms with Crippen LogP contribution >= 0.6 is 11.6 Å². The van der Waals surface area contributed by atoms with E-state index in [-0.39, 0.29) is 24.9 Å². The van der Waals surface area contributed by atoms with Crippen LogP contribution in [0.1, 0.15) is 22.3 Å². The number of anilines is 2. The van der Waals surface area contributed by atoms with Gasteiger partial charge >= 0.3 is 0 Å². The average Bonchev–Trinajstić information content (AvgIpc) is 2.55. The van der Waals surface area contributed by atoms with E-state index in [9.17, 15) is 9.59 Å². The van der Waals surface area contributed by atoms with Gasteiger partial charge < -0.3 is 15.5 Å². The monoisotopic (exact) mass is 388 g/mol. The van der Waals surface area contributed by atoms with Gasteiger partial charge in [-0.25, -0.2) is 0 Å². The predicted molar refractivity (Wildman–Crippen MR) is 111 cm³/mol. The zero-order valence-corrected chi connectivity index (χ0v) is 17.3. The molecule has 0 spiro atoms. The molecule has 6 heteroatoms. The molecule has 27 heavy (non-hydrogen) atoms. The van der Waals surface area contributed by atoms with Crippen LogP contribution in [-0.2, 0) is 9.59 Å². The Hall–Kier alpha value is -2.37. The molecule has 0 aliphatic carbocycles. The van der Waals surface area contributed by atoms with Gasteiger partial charge in [-0.15, -0.1) is 0 Å². The number of quaternary nitrogens is 1. The Kier molecular flexibility index (Phi) is 6.99. The Morgan fingerprint density at radius 2 is 1.52 bits per heavy atom. The van der Waals surface area contributed by atoms with E-state index in [0.29, 0.717) is 10.7 Å². The molecule has 0 aliphatic rings. The molecule has 2 aromatic rings. The number of hydrogen-bond acceptors (Lipinski definition) is 2. The second-order valence-electron chi connectivity index (χ2n) is 7.09. The molecule has 0 saturated heterocycles. The Morgan fingerprint density at radius 3 is 2.11 bits per heavy atom. The molecule has 2 amide bonds. The summed E-state index contributed by atoms with van der Waals surface area (Å²) in [6.07, 6.45) is 0. The first-order valence-corrected chi connectivity index (χ1v) is 9.29. The zero-order valence-electron chi connectivity index (χ0n) is 16.5. The van der Waals surface area contributed by atoms with Gasteiger partial charge in [0.25, 0.3) is 11.8 Å². The van der Waals surface area contributed by atoms with E-state index in [2.05, 4.69) is 10.6 Å². The standard InChI is InChI=1S/C21H26ClN3O2/c1-13-9-14(2)21(15(3)10-13)24-20(27)12-25(5)11-19(26)23-18-8-6-7-17(22)16(18)4/h6-10H,11-12H2,1-5H3,(H,23,26)(H,24,27)/p+1. The van der Waals surface area contributed by atoms with E-state index < -0.39 is 0 Å². The van der Waals surface area contributed by atoms with Gasteiger partial charge in [0.15, 0.2) is 13.1 Å². The molecule has 0 radical (unpaired) electrons. The number of hydrogen-bond donors (Lipinski definition) is 3. The van der Waals surface area contributed by atoms with Crippen LogP contribution in [0.3, 0.4) is 0 Å². The third kappa shape index (κ3) is 5.81. The highest BCUT2D eigenvalue weighted by Gasteiger charge is 2.16. The van der Waals surface area contributed by atoms with E-state index in [4.69, 9.17) is 11.6 Å². The lowest BCUT2D eigenvalue weighted by Crippen LogP contribution is -3.11. The minimum Gasteiger partial charge on any atom is -0.322 e. The van der Waals surface area contributed by atoms with Crippen LogP contribution in [0.25, 0.3) is 0 Å². The molecule has 3 N–H and O–H groups in total. The minimum atomic E-state index is -0.159. The number of benzene rings is 2. The molecule has 0 aliphatic heterocycles. The summed E-state index contributed by atoms with van der Waals surface area (Å²) >= 11 is 6.07. The van der Waals surface area contributed by atoms with E-state index in [1.165, 1.54) is 5.56 Å². The van der Waals surface area contributed by atoms with Gasteiger partial charge in [-0.3, -0.25) is 9.59 Å². The van der Waals surface area contributed by atoms with Gasteiger partial charge in [0.05, 0.1) is 7.05 Å². The van der Waals surface area contributed by atoms with Gasteiger partial charge in [0.1, 0.15) is 0 Å². The van der Waals surface area contributed by atoms with Gasteiger partial charge in [0, 0.05) is 16.4 Å². The van der Waals surface area contributed by atoms with Crippen LogP contribution in [0, 0.1) is 27.7 Å². The summed E-state index contributed by atoms with van der Waals surface area (Å²) in [5.74, 6) is -0.275. The lowest BCUT2D eigenvalue weighted by atomic mass is 10.1. The maximum Gasteiger partial charge on any atom is 0.279 e. The van der Waals surface area contributed by atoms with E-state index in [0.717, 1.165) is 27.3 Å². The summed E-state index contributed by atoms with van der Waals surface area (Å²) < 4.78 is 0. The lowest BCUT2D eigenvalue weighted by molar-refractivity contribution is -0.862. The molecule has 1 atom stereocenters. The normalized spacial score (nSPS) is 11.8. The van der Waals surface area contributed by atoms with Crippen LogP contribution in [0.15, 0.2) is 30.3 Å². The number of carbonyl (C=O) groups excluding carboxylic acids is 2. The minimum absolute atomic E-state index is 0.116. The van der Waals surface area contributed by atoms with Crippen LogP contribution < -0.4 is 15.5 Å². The van der Waals surface area contributed by atoms with Crippen molar-refractivity contribution in [3.05, 3.63) is 57.6 Å². The smallest absolute Gasteiger partial charge is 0.279 e. The van der Waals surface area contributed by atoms with Crippen molar-refractivity contribution in [1.29, 1.82) is 0 Å². The first kappa shape index (κ1) is 20.9. The predicted octanol–water partition coefficient (Wildman–Crippen LogP) is 2.67. The van der Waals surface area contributed by atoms with E-state index >= 15 is 0 Å². The quantitative estimate of drug-likeness (QED) is 0.712. The Balaban J connectivity index is 1.91. The van der Waals surface area contributed by atoms with Gasteiger partial charge in [-0.05, 0) is 56.5 Å². The molecule has 0 bridgehead atoms. The second kappa shape index (κ2) is 9.02. The second-order valence-corrected chi connectivity index (χ2v) is 7.50. The number of nitrogens with one attached hydrogen (secondary N) is 3. The van der Waals surface area contributed by atoms with Crippen molar-refractivity contribution in [2.45, 2.75) is 27.7 Å². The molecule has 0 fully saturated rings. The summed E-state index contributed by atoms with van der Waals surface area (Å²) in [5.41, 5.74) is 5.60. The first-order chi connectivity index (χ1) is 12.7. The highest BCUT2D eigenvalue weighted by molar-refractivity contribution is 6.31. The first-order valence-electron chi connectivity index (χ1n) is 8.91. The summed E-state index contributed by atoms with van der Waals surface area (Å²) in [7, 11) is 1.82. The number of likely N-dealkylation sites (N-methyl/N-ethyl adjacent to an activating group) is 1. The van der Waals surface area contributed by atoms with Crippen LogP contribution in [0.5, 0.6) is 0 Å². The third-order valence-electron chi connectivity index (χ3n) is 4.41. The molecule has 1 unspecified atom stereocenters.